The number of allylic oxidation sites excluding steroid dienone is 1. The number of hydrogen-bond donors (Lipinski definition) is 0. The van der Waals surface area contributed by atoms with E-state index in [9.17, 15) is 4.79 Å². The highest BCUT2D eigenvalue weighted by Crippen LogP contribution is 2.49. The zero-order valence-corrected chi connectivity index (χ0v) is 11.2. The number of methoxy groups -OCH3 is 2. The molecule has 0 aliphatic heterocycles. The van der Waals surface area contributed by atoms with Gasteiger partial charge in [0.1, 0.15) is 0 Å². The van der Waals surface area contributed by atoms with Crippen LogP contribution in [0.25, 0.3) is 0 Å². The first-order chi connectivity index (χ1) is 9.23. The molecule has 0 spiro atoms. The molecule has 2 bridgehead atoms. The second-order valence-corrected chi connectivity index (χ2v) is 5.21. The van der Waals surface area contributed by atoms with Gasteiger partial charge in [0.2, 0.25) is 5.79 Å². The molecule has 0 N–H and O–H groups in total. The van der Waals surface area contributed by atoms with Crippen molar-refractivity contribution in [2.75, 3.05) is 14.2 Å². The van der Waals surface area contributed by atoms with Gasteiger partial charge >= 0.3 is 0 Å². The minimum Gasteiger partial charge on any atom is -0.347 e. The van der Waals surface area contributed by atoms with Gasteiger partial charge in [-0.15, -0.1) is 0 Å². The van der Waals surface area contributed by atoms with Crippen molar-refractivity contribution in [3.8, 4) is 0 Å². The van der Waals surface area contributed by atoms with Crippen LogP contribution in [0.4, 0.5) is 0 Å². The molecule has 1 aromatic rings. The van der Waals surface area contributed by atoms with Crippen LogP contribution in [0, 0.1) is 11.8 Å². The third-order valence-electron chi connectivity index (χ3n) is 4.46. The first-order valence-electron chi connectivity index (χ1n) is 6.61. The summed E-state index contributed by atoms with van der Waals surface area (Å²) in [6.45, 7) is 0. The van der Waals surface area contributed by atoms with Crippen molar-refractivity contribution >= 4 is 5.78 Å². The average molecular weight is 258 g/mol. The lowest BCUT2D eigenvalue weighted by molar-refractivity contribution is -0.237. The number of carbonyl (C=O) groups excluding carboxylic acids is 1. The summed E-state index contributed by atoms with van der Waals surface area (Å²) in [6.07, 6.45) is 4.97. The lowest BCUT2D eigenvalue weighted by Crippen LogP contribution is -2.58. The summed E-state index contributed by atoms with van der Waals surface area (Å²) in [7, 11) is 3.10. The van der Waals surface area contributed by atoms with Gasteiger partial charge in [0.05, 0.1) is 0 Å². The number of benzene rings is 1. The van der Waals surface area contributed by atoms with E-state index in [1.807, 2.05) is 24.3 Å². The highest BCUT2D eigenvalue weighted by atomic mass is 16.7. The molecule has 0 heterocycles. The first kappa shape index (κ1) is 12.6. The largest absolute Gasteiger partial charge is 0.347 e. The molecular weight excluding hydrogens is 240 g/mol. The van der Waals surface area contributed by atoms with E-state index in [2.05, 4.69) is 18.2 Å². The summed E-state index contributed by atoms with van der Waals surface area (Å²) in [5.74, 6) is -0.949. The summed E-state index contributed by atoms with van der Waals surface area (Å²) in [6, 6.07) is 10.2. The smallest absolute Gasteiger partial charge is 0.235 e. The molecule has 3 atom stereocenters. The molecule has 3 nitrogen and oxygen atoms in total. The Kier molecular flexibility index (Phi) is 3.03. The van der Waals surface area contributed by atoms with Gasteiger partial charge in [0.25, 0.3) is 0 Å². The van der Waals surface area contributed by atoms with Crippen LogP contribution in [0.1, 0.15) is 17.9 Å². The van der Waals surface area contributed by atoms with Gasteiger partial charge in [-0.05, 0) is 17.9 Å². The maximum absolute atomic E-state index is 12.7. The minimum atomic E-state index is -1.08. The predicted octanol–water partition coefficient (Wildman–Crippen LogP) is 2.53. The highest BCUT2D eigenvalue weighted by Gasteiger charge is 2.57. The Morgan fingerprint density at radius 2 is 1.79 bits per heavy atom. The zero-order chi connectivity index (χ0) is 13.5. The average Bonchev–Trinajstić information content (AvgIpc) is 2.49. The second kappa shape index (κ2) is 4.58. The van der Waals surface area contributed by atoms with Gasteiger partial charge in [-0.25, -0.2) is 0 Å². The molecule has 3 heteroatoms. The first-order valence-corrected chi connectivity index (χ1v) is 6.61. The number of ether oxygens (including phenoxy) is 2. The number of rotatable bonds is 3. The molecule has 0 saturated heterocycles. The highest BCUT2D eigenvalue weighted by molar-refractivity contribution is 5.93. The van der Waals surface area contributed by atoms with Crippen LogP contribution in [0.2, 0.25) is 0 Å². The molecule has 3 aliphatic rings. The fourth-order valence-electron chi connectivity index (χ4n) is 3.48. The zero-order valence-electron chi connectivity index (χ0n) is 11.2. The normalized spacial score (nSPS) is 31.7. The minimum absolute atomic E-state index is 0.00907. The van der Waals surface area contributed by atoms with E-state index in [0.717, 1.165) is 6.42 Å². The lowest BCUT2D eigenvalue weighted by atomic mass is 9.63. The molecular formula is C16H18O3. The van der Waals surface area contributed by atoms with Crippen molar-refractivity contribution in [3.63, 3.8) is 0 Å². The Balaban J connectivity index is 1.98. The van der Waals surface area contributed by atoms with Crippen LogP contribution in [0.15, 0.2) is 42.5 Å². The Hall–Kier alpha value is -1.45. The summed E-state index contributed by atoms with van der Waals surface area (Å²) in [5.41, 5.74) is 1.22. The van der Waals surface area contributed by atoms with Gasteiger partial charge in [-0.2, -0.15) is 0 Å². The second-order valence-electron chi connectivity index (χ2n) is 5.21. The maximum Gasteiger partial charge on any atom is 0.235 e. The molecule has 1 aromatic carbocycles. The Bertz CT molecular complexity index is 502. The molecule has 0 aromatic heterocycles. The van der Waals surface area contributed by atoms with E-state index in [-0.39, 0.29) is 23.5 Å². The van der Waals surface area contributed by atoms with E-state index in [1.165, 1.54) is 5.56 Å². The van der Waals surface area contributed by atoms with Crippen LogP contribution in [0.5, 0.6) is 0 Å². The van der Waals surface area contributed by atoms with Crippen molar-refractivity contribution in [3.05, 3.63) is 48.0 Å². The quantitative estimate of drug-likeness (QED) is 0.617. The van der Waals surface area contributed by atoms with Gasteiger partial charge in [0.15, 0.2) is 5.78 Å². The van der Waals surface area contributed by atoms with Crippen molar-refractivity contribution < 1.29 is 14.3 Å². The monoisotopic (exact) mass is 258 g/mol. The van der Waals surface area contributed by atoms with Gasteiger partial charge in [-0.1, -0.05) is 42.5 Å². The van der Waals surface area contributed by atoms with Crippen LogP contribution < -0.4 is 0 Å². The molecule has 0 radical (unpaired) electrons. The number of carbonyl (C=O) groups is 1. The molecule has 0 unspecified atom stereocenters. The van der Waals surface area contributed by atoms with Crippen molar-refractivity contribution in [2.45, 2.75) is 18.1 Å². The van der Waals surface area contributed by atoms with Crippen molar-refractivity contribution in [2.24, 2.45) is 11.8 Å². The van der Waals surface area contributed by atoms with E-state index < -0.39 is 5.79 Å². The summed E-state index contributed by atoms with van der Waals surface area (Å²) < 4.78 is 10.9. The third kappa shape index (κ3) is 1.69. The lowest BCUT2D eigenvalue weighted by Gasteiger charge is -2.48. The Morgan fingerprint density at radius 3 is 2.37 bits per heavy atom. The summed E-state index contributed by atoms with van der Waals surface area (Å²) in [5, 5.41) is 0. The van der Waals surface area contributed by atoms with Gasteiger partial charge in [-0.3, -0.25) is 4.79 Å². The molecule has 3 aliphatic carbocycles. The van der Waals surface area contributed by atoms with Crippen LogP contribution >= 0.6 is 0 Å². The molecule has 19 heavy (non-hydrogen) atoms. The maximum atomic E-state index is 12.7. The fourth-order valence-corrected chi connectivity index (χ4v) is 3.48. The number of ketones is 1. The molecule has 100 valence electrons. The Morgan fingerprint density at radius 1 is 1.11 bits per heavy atom. The number of Topliss-reactive ketones (excluding diaryl/α,β-unsaturated/α-hetero) is 1. The van der Waals surface area contributed by atoms with Crippen LogP contribution in [-0.2, 0) is 14.3 Å². The Labute approximate surface area is 113 Å². The van der Waals surface area contributed by atoms with Crippen LogP contribution in [-0.4, -0.2) is 25.8 Å². The fraction of sp³-hybridized carbons (Fsp3) is 0.438. The van der Waals surface area contributed by atoms with E-state index >= 15 is 0 Å². The summed E-state index contributed by atoms with van der Waals surface area (Å²) >= 11 is 0. The molecule has 1 fully saturated rings. The van der Waals surface area contributed by atoms with Gasteiger partial charge < -0.3 is 9.47 Å². The van der Waals surface area contributed by atoms with Crippen molar-refractivity contribution in [1.82, 2.24) is 0 Å². The third-order valence-corrected chi connectivity index (χ3v) is 4.46. The standard InChI is InChI=1S/C16H18O3/c1-18-16(19-2)12-8-9-13(15(16)17)14(10-12)11-6-4-3-5-7-11/h3-9,12-14H,10H2,1-2H3/t12-,13-,14-/m1/s1. The van der Waals surface area contributed by atoms with E-state index in [4.69, 9.17) is 9.47 Å². The van der Waals surface area contributed by atoms with Crippen LogP contribution in [0.3, 0.4) is 0 Å². The predicted molar refractivity (Wildman–Crippen MR) is 71.7 cm³/mol. The number of fused-ring (bicyclic) bond motifs is 2. The molecule has 1 saturated carbocycles. The summed E-state index contributed by atoms with van der Waals surface area (Å²) in [4.78, 5) is 12.7. The topological polar surface area (TPSA) is 35.5 Å². The molecule has 0 amide bonds. The van der Waals surface area contributed by atoms with Gasteiger partial charge in [0, 0.05) is 26.1 Å². The number of hydrogen-bond acceptors (Lipinski definition) is 3. The molecule has 4 rings (SSSR count). The van der Waals surface area contributed by atoms with E-state index in [0.29, 0.717) is 0 Å². The SMILES string of the molecule is COC1(OC)C(=O)[C@@H]2C=C[C@@H]1C[C@@H]2c1ccccc1. The van der Waals surface area contributed by atoms with E-state index in [1.54, 1.807) is 14.2 Å². The van der Waals surface area contributed by atoms with Crippen molar-refractivity contribution in [1.29, 1.82) is 0 Å².